The number of rotatable bonds is 4. The molecule has 0 saturated carbocycles. The molecule has 0 atom stereocenters. The molecule has 0 amide bonds. The summed E-state index contributed by atoms with van der Waals surface area (Å²) >= 11 is 0. The second-order valence-corrected chi connectivity index (χ2v) is 2.93. The van der Waals surface area contributed by atoms with Gasteiger partial charge in [0.05, 0.1) is 0 Å². The molecular formula is C10H9O4-. The smallest absolute Gasteiger partial charge is 0.142 e. The molecule has 0 spiro atoms. The lowest BCUT2D eigenvalue weighted by Crippen LogP contribution is -2.25. The van der Waals surface area contributed by atoms with Crippen LogP contribution in [0.4, 0.5) is 0 Å². The molecule has 0 fully saturated rings. The molecule has 4 nitrogen and oxygen atoms in total. The number of carbonyl (C=O) groups excluding carboxylic acids is 2. The Morgan fingerprint density at radius 3 is 2.29 bits per heavy atom. The van der Waals surface area contributed by atoms with Gasteiger partial charge in [0.15, 0.2) is 0 Å². The highest BCUT2D eigenvalue weighted by Gasteiger charge is 2.03. The molecule has 0 aliphatic heterocycles. The van der Waals surface area contributed by atoms with Crippen LogP contribution in [0.5, 0.6) is 5.75 Å². The normalized spacial score (nSPS) is 9.71. The Labute approximate surface area is 80.8 Å². The van der Waals surface area contributed by atoms with Crippen LogP contribution in [-0.4, -0.2) is 16.9 Å². The summed E-state index contributed by atoms with van der Waals surface area (Å²) in [5.41, 5.74) is 0.675. The number of hydrogen-bond acceptors (Lipinski definition) is 4. The van der Waals surface area contributed by atoms with Gasteiger partial charge in [0.1, 0.15) is 11.5 Å². The average molecular weight is 193 g/mol. The molecule has 1 rings (SSSR count). The molecule has 0 aliphatic rings. The van der Waals surface area contributed by atoms with Crippen LogP contribution >= 0.6 is 0 Å². The van der Waals surface area contributed by atoms with Crippen molar-refractivity contribution in [1.82, 2.24) is 0 Å². The molecular weight excluding hydrogens is 184 g/mol. The van der Waals surface area contributed by atoms with Gasteiger partial charge in [-0.3, -0.25) is 4.79 Å². The number of Topliss-reactive ketones (excluding diaryl/α,β-unsaturated/α-hetero) is 1. The molecule has 0 saturated heterocycles. The molecule has 14 heavy (non-hydrogen) atoms. The van der Waals surface area contributed by atoms with Crippen LogP contribution in [0.2, 0.25) is 0 Å². The van der Waals surface area contributed by atoms with Crippen LogP contribution in [0.15, 0.2) is 24.3 Å². The van der Waals surface area contributed by atoms with Gasteiger partial charge in [-0.05, 0) is 17.7 Å². The van der Waals surface area contributed by atoms with E-state index in [1.165, 1.54) is 12.1 Å². The lowest BCUT2D eigenvalue weighted by molar-refractivity contribution is -0.304. The van der Waals surface area contributed by atoms with E-state index in [4.69, 9.17) is 5.11 Å². The minimum absolute atomic E-state index is 0.0499. The molecule has 0 unspecified atom stereocenters. The van der Waals surface area contributed by atoms with Crippen molar-refractivity contribution >= 4 is 11.8 Å². The molecule has 1 N–H and O–H groups in total. The first-order valence-electron chi connectivity index (χ1n) is 4.07. The van der Waals surface area contributed by atoms with Gasteiger partial charge in [-0.1, -0.05) is 12.1 Å². The van der Waals surface area contributed by atoms with Crippen molar-refractivity contribution in [1.29, 1.82) is 0 Å². The van der Waals surface area contributed by atoms with Gasteiger partial charge in [0.2, 0.25) is 0 Å². The zero-order valence-electron chi connectivity index (χ0n) is 7.40. The molecule has 0 aliphatic carbocycles. The first-order chi connectivity index (χ1) is 6.58. The molecule has 0 bridgehead atoms. The number of carbonyl (C=O) groups is 2. The summed E-state index contributed by atoms with van der Waals surface area (Å²) in [4.78, 5) is 21.1. The number of aromatic hydroxyl groups is 1. The highest BCUT2D eigenvalue weighted by molar-refractivity contribution is 5.94. The fourth-order valence-electron chi connectivity index (χ4n) is 1.06. The first-order valence-corrected chi connectivity index (χ1v) is 4.07. The van der Waals surface area contributed by atoms with Crippen LogP contribution in [0.1, 0.15) is 12.0 Å². The average Bonchev–Trinajstić information content (AvgIpc) is 2.07. The van der Waals surface area contributed by atoms with Gasteiger partial charge >= 0.3 is 0 Å². The second kappa shape index (κ2) is 4.41. The van der Waals surface area contributed by atoms with Crippen LogP contribution in [-0.2, 0) is 16.0 Å². The number of benzene rings is 1. The minimum atomic E-state index is -1.37. The molecule has 4 heteroatoms. The Balaban J connectivity index is 2.56. The maximum atomic E-state index is 11.0. The molecule has 0 heterocycles. The summed E-state index contributed by atoms with van der Waals surface area (Å²) < 4.78 is 0. The van der Waals surface area contributed by atoms with E-state index in [1.807, 2.05) is 0 Å². The van der Waals surface area contributed by atoms with E-state index in [-0.39, 0.29) is 12.2 Å². The van der Waals surface area contributed by atoms with Crippen molar-refractivity contribution in [3.63, 3.8) is 0 Å². The predicted octanol–water partition coefficient (Wildman–Crippen LogP) is -0.356. The zero-order chi connectivity index (χ0) is 10.6. The third-order valence-electron chi connectivity index (χ3n) is 1.68. The highest BCUT2D eigenvalue weighted by atomic mass is 16.4. The molecule has 0 aromatic heterocycles. The van der Waals surface area contributed by atoms with Crippen molar-refractivity contribution in [2.75, 3.05) is 0 Å². The van der Waals surface area contributed by atoms with E-state index in [0.717, 1.165) is 0 Å². The van der Waals surface area contributed by atoms with Gasteiger partial charge < -0.3 is 15.0 Å². The maximum absolute atomic E-state index is 11.0. The van der Waals surface area contributed by atoms with Crippen molar-refractivity contribution in [2.45, 2.75) is 12.8 Å². The Morgan fingerprint density at radius 1 is 1.21 bits per heavy atom. The standard InChI is InChI=1S/C10H10O4/c11-8-3-1-7(2-4-8)5-9(12)6-10(13)14/h1-4,11H,5-6H2,(H,13,14)/p-1. The zero-order valence-corrected chi connectivity index (χ0v) is 7.40. The number of ketones is 1. The van der Waals surface area contributed by atoms with Gasteiger partial charge in [0, 0.05) is 18.8 Å². The summed E-state index contributed by atoms with van der Waals surface area (Å²) in [6.45, 7) is 0. The van der Waals surface area contributed by atoms with E-state index in [0.29, 0.717) is 5.56 Å². The van der Waals surface area contributed by atoms with Gasteiger partial charge in [-0.2, -0.15) is 0 Å². The van der Waals surface area contributed by atoms with Crippen LogP contribution in [0.3, 0.4) is 0 Å². The van der Waals surface area contributed by atoms with Gasteiger partial charge in [-0.25, -0.2) is 0 Å². The fraction of sp³-hybridized carbons (Fsp3) is 0.200. The van der Waals surface area contributed by atoms with Crippen molar-refractivity contribution < 1.29 is 19.8 Å². The second-order valence-electron chi connectivity index (χ2n) is 2.93. The number of phenolic OH excluding ortho intramolecular Hbond substituents is 1. The fourth-order valence-corrected chi connectivity index (χ4v) is 1.06. The lowest BCUT2D eigenvalue weighted by atomic mass is 10.1. The largest absolute Gasteiger partial charge is 0.550 e. The summed E-state index contributed by atoms with van der Waals surface area (Å²) in [6, 6.07) is 6.04. The highest BCUT2D eigenvalue weighted by Crippen LogP contribution is 2.10. The summed E-state index contributed by atoms with van der Waals surface area (Å²) in [7, 11) is 0. The number of phenols is 1. The minimum Gasteiger partial charge on any atom is -0.550 e. The van der Waals surface area contributed by atoms with Crippen LogP contribution in [0, 0.1) is 0 Å². The Bertz CT molecular complexity index is 340. The van der Waals surface area contributed by atoms with E-state index in [2.05, 4.69) is 0 Å². The first kappa shape index (κ1) is 10.2. The lowest BCUT2D eigenvalue weighted by Gasteiger charge is -2.02. The molecule has 0 radical (unpaired) electrons. The third kappa shape index (κ3) is 3.26. The number of aliphatic carboxylic acids is 1. The summed E-state index contributed by atoms with van der Waals surface area (Å²) in [5, 5.41) is 19.0. The Kier molecular flexibility index (Phi) is 3.23. The van der Waals surface area contributed by atoms with Gasteiger partial charge in [-0.15, -0.1) is 0 Å². The molecule has 1 aromatic rings. The van der Waals surface area contributed by atoms with E-state index in [9.17, 15) is 14.7 Å². The van der Waals surface area contributed by atoms with Crippen molar-refractivity contribution in [3.8, 4) is 5.75 Å². The Hall–Kier alpha value is -1.84. The SMILES string of the molecule is O=C([O-])CC(=O)Cc1ccc(O)cc1. The van der Waals surface area contributed by atoms with Crippen LogP contribution in [0.25, 0.3) is 0 Å². The van der Waals surface area contributed by atoms with Crippen molar-refractivity contribution in [2.24, 2.45) is 0 Å². The topological polar surface area (TPSA) is 77.4 Å². The van der Waals surface area contributed by atoms with E-state index in [1.54, 1.807) is 12.1 Å². The van der Waals surface area contributed by atoms with Gasteiger partial charge in [0.25, 0.3) is 0 Å². The summed E-state index contributed by atoms with van der Waals surface area (Å²) in [5.74, 6) is -1.66. The number of carboxylic acid groups (broad SMARTS) is 1. The van der Waals surface area contributed by atoms with E-state index >= 15 is 0 Å². The Morgan fingerprint density at radius 2 is 1.79 bits per heavy atom. The van der Waals surface area contributed by atoms with E-state index < -0.39 is 18.2 Å². The summed E-state index contributed by atoms with van der Waals surface area (Å²) in [6.07, 6.45) is -0.519. The van der Waals surface area contributed by atoms with Crippen molar-refractivity contribution in [3.05, 3.63) is 29.8 Å². The van der Waals surface area contributed by atoms with Crippen LogP contribution < -0.4 is 5.11 Å². The number of carboxylic acids is 1. The third-order valence-corrected chi connectivity index (χ3v) is 1.68. The quantitative estimate of drug-likeness (QED) is 0.662. The monoisotopic (exact) mass is 193 g/mol. The molecule has 1 aromatic carbocycles. The molecule has 74 valence electrons. The number of hydrogen-bond donors (Lipinski definition) is 1. The maximum Gasteiger partial charge on any atom is 0.142 e. The predicted molar refractivity (Wildman–Crippen MR) is 46.4 cm³/mol.